The molecule has 0 saturated carbocycles. The van der Waals surface area contributed by atoms with Crippen LogP contribution in [0.1, 0.15) is 5.56 Å². The van der Waals surface area contributed by atoms with Gasteiger partial charge in [-0.2, -0.15) is 0 Å². The zero-order valence-electron chi connectivity index (χ0n) is 7.10. The number of benzene rings is 1. The monoisotopic (exact) mass is 228 g/mol. The Morgan fingerprint density at radius 1 is 1.25 bits per heavy atom. The summed E-state index contributed by atoms with van der Waals surface area (Å²) < 4.78 is 1.12. The van der Waals surface area contributed by atoms with E-state index >= 15 is 0 Å². The minimum absolute atomic E-state index is 0.843. The second-order valence-electron chi connectivity index (χ2n) is 2.58. The van der Waals surface area contributed by atoms with Crippen molar-refractivity contribution in [1.82, 2.24) is 10.6 Å². The van der Waals surface area contributed by atoms with Crippen molar-refractivity contribution in [2.24, 2.45) is 0 Å². The van der Waals surface area contributed by atoms with Crippen molar-refractivity contribution in [1.29, 1.82) is 0 Å². The SMILES string of the molecule is CNCNCc1ccc(Br)cc1. The van der Waals surface area contributed by atoms with Gasteiger partial charge in [0.2, 0.25) is 0 Å². The van der Waals surface area contributed by atoms with E-state index in [1.54, 1.807) is 0 Å². The van der Waals surface area contributed by atoms with Crippen LogP contribution in [0, 0.1) is 0 Å². The van der Waals surface area contributed by atoms with E-state index in [0.29, 0.717) is 0 Å². The normalized spacial score (nSPS) is 10.2. The molecule has 3 heteroatoms. The third-order valence-electron chi connectivity index (χ3n) is 1.54. The second kappa shape index (κ2) is 5.30. The van der Waals surface area contributed by atoms with E-state index in [2.05, 4.69) is 50.8 Å². The first-order valence-corrected chi connectivity index (χ1v) is 4.72. The van der Waals surface area contributed by atoms with E-state index in [1.807, 2.05) is 7.05 Å². The van der Waals surface area contributed by atoms with Gasteiger partial charge in [-0.3, -0.25) is 0 Å². The van der Waals surface area contributed by atoms with Gasteiger partial charge < -0.3 is 10.6 Å². The van der Waals surface area contributed by atoms with Gasteiger partial charge in [-0.25, -0.2) is 0 Å². The van der Waals surface area contributed by atoms with Crippen LogP contribution in [0.15, 0.2) is 28.7 Å². The Morgan fingerprint density at radius 3 is 2.50 bits per heavy atom. The largest absolute Gasteiger partial charge is 0.308 e. The molecule has 0 bridgehead atoms. The molecule has 0 aliphatic heterocycles. The van der Waals surface area contributed by atoms with Gasteiger partial charge in [0.15, 0.2) is 0 Å². The van der Waals surface area contributed by atoms with Gasteiger partial charge in [0.1, 0.15) is 0 Å². The third kappa shape index (κ3) is 3.34. The Bertz CT molecular complexity index is 220. The van der Waals surface area contributed by atoms with Crippen LogP contribution in [0.2, 0.25) is 0 Å². The highest BCUT2D eigenvalue weighted by Gasteiger charge is 1.90. The lowest BCUT2D eigenvalue weighted by molar-refractivity contribution is 0.632. The molecule has 0 aliphatic rings. The molecule has 0 aliphatic carbocycles. The van der Waals surface area contributed by atoms with Crippen LogP contribution in [-0.2, 0) is 6.54 Å². The minimum atomic E-state index is 0.843. The molecule has 0 amide bonds. The van der Waals surface area contributed by atoms with Crippen molar-refractivity contribution in [3.8, 4) is 0 Å². The maximum Gasteiger partial charge on any atom is 0.0454 e. The smallest absolute Gasteiger partial charge is 0.0454 e. The Hall–Kier alpha value is -0.380. The highest BCUT2D eigenvalue weighted by atomic mass is 79.9. The first kappa shape index (κ1) is 9.71. The van der Waals surface area contributed by atoms with Crippen LogP contribution in [0.25, 0.3) is 0 Å². The summed E-state index contributed by atoms with van der Waals surface area (Å²) >= 11 is 3.39. The van der Waals surface area contributed by atoms with Crippen molar-refractivity contribution >= 4 is 15.9 Å². The maximum absolute atomic E-state index is 3.39. The predicted molar refractivity (Wildman–Crippen MR) is 54.9 cm³/mol. The van der Waals surface area contributed by atoms with Crippen molar-refractivity contribution < 1.29 is 0 Å². The van der Waals surface area contributed by atoms with Gasteiger partial charge >= 0.3 is 0 Å². The predicted octanol–water partition coefficient (Wildman–Crippen LogP) is 1.72. The molecule has 66 valence electrons. The fourth-order valence-electron chi connectivity index (χ4n) is 0.934. The molecule has 2 N–H and O–H groups in total. The fraction of sp³-hybridized carbons (Fsp3) is 0.333. The summed E-state index contributed by atoms with van der Waals surface area (Å²) in [4.78, 5) is 0. The average molecular weight is 229 g/mol. The summed E-state index contributed by atoms with van der Waals surface area (Å²) in [7, 11) is 1.93. The summed E-state index contributed by atoms with van der Waals surface area (Å²) in [6.45, 7) is 1.75. The van der Waals surface area contributed by atoms with Crippen LogP contribution in [0.4, 0.5) is 0 Å². The zero-order valence-corrected chi connectivity index (χ0v) is 8.69. The molecular formula is C9H13BrN2. The van der Waals surface area contributed by atoms with Gasteiger partial charge in [-0.05, 0) is 24.7 Å². The summed E-state index contributed by atoms with van der Waals surface area (Å²) in [5.74, 6) is 0. The summed E-state index contributed by atoms with van der Waals surface area (Å²) in [5.41, 5.74) is 1.30. The van der Waals surface area contributed by atoms with E-state index in [-0.39, 0.29) is 0 Å². The first-order chi connectivity index (χ1) is 5.83. The number of halogens is 1. The van der Waals surface area contributed by atoms with E-state index in [0.717, 1.165) is 17.7 Å². The van der Waals surface area contributed by atoms with Crippen LogP contribution < -0.4 is 10.6 Å². The van der Waals surface area contributed by atoms with Crippen molar-refractivity contribution in [3.63, 3.8) is 0 Å². The lowest BCUT2D eigenvalue weighted by Gasteiger charge is -2.03. The molecule has 0 aromatic heterocycles. The molecule has 0 spiro atoms. The van der Waals surface area contributed by atoms with Gasteiger partial charge in [0.25, 0.3) is 0 Å². The Morgan fingerprint density at radius 2 is 1.92 bits per heavy atom. The molecule has 0 heterocycles. The topological polar surface area (TPSA) is 24.1 Å². The first-order valence-electron chi connectivity index (χ1n) is 3.92. The van der Waals surface area contributed by atoms with Gasteiger partial charge in [-0.1, -0.05) is 28.1 Å². The Kier molecular flexibility index (Phi) is 4.29. The summed E-state index contributed by atoms with van der Waals surface area (Å²) in [6.07, 6.45) is 0. The molecule has 0 unspecified atom stereocenters. The third-order valence-corrected chi connectivity index (χ3v) is 2.07. The van der Waals surface area contributed by atoms with Gasteiger partial charge in [0.05, 0.1) is 0 Å². The van der Waals surface area contributed by atoms with E-state index in [4.69, 9.17) is 0 Å². The van der Waals surface area contributed by atoms with Gasteiger partial charge in [-0.15, -0.1) is 0 Å². The lowest BCUT2D eigenvalue weighted by Crippen LogP contribution is -2.25. The van der Waals surface area contributed by atoms with E-state index in [9.17, 15) is 0 Å². The quantitative estimate of drug-likeness (QED) is 0.606. The summed E-state index contributed by atoms with van der Waals surface area (Å²) in [6, 6.07) is 8.31. The molecule has 0 saturated heterocycles. The standard InChI is InChI=1S/C9H13BrN2/c1-11-7-12-6-8-2-4-9(10)5-3-8/h2-5,11-12H,6-7H2,1H3. The molecule has 1 aromatic carbocycles. The molecule has 0 fully saturated rings. The van der Waals surface area contributed by atoms with Crippen LogP contribution in [-0.4, -0.2) is 13.7 Å². The Balaban J connectivity index is 2.37. The molecule has 1 aromatic rings. The molecule has 1 rings (SSSR count). The molecule has 2 nitrogen and oxygen atoms in total. The maximum atomic E-state index is 3.39. The van der Waals surface area contributed by atoms with Crippen molar-refractivity contribution in [2.75, 3.05) is 13.7 Å². The number of rotatable bonds is 4. The van der Waals surface area contributed by atoms with Crippen LogP contribution >= 0.6 is 15.9 Å². The van der Waals surface area contributed by atoms with Crippen LogP contribution in [0.3, 0.4) is 0 Å². The number of hydrogen-bond acceptors (Lipinski definition) is 2. The van der Waals surface area contributed by atoms with E-state index in [1.165, 1.54) is 5.56 Å². The molecule has 0 atom stereocenters. The van der Waals surface area contributed by atoms with Crippen molar-refractivity contribution in [3.05, 3.63) is 34.3 Å². The van der Waals surface area contributed by atoms with E-state index < -0.39 is 0 Å². The minimum Gasteiger partial charge on any atom is -0.308 e. The average Bonchev–Trinajstić information content (AvgIpc) is 2.09. The van der Waals surface area contributed by atoms with Crippen LogP contribution in [0.5, 0.6) is 0 Å². The highest BCUT2D eigenvalue weighted by molar-refractivity contribution is 9.10. The molecular weight excluding hydrogens is 216 g/mol. The number of nitrogens with one attached hydrogen (secondary N) is 2. The second-order valence-corrected chi connectivity index (χ2v) is 3.50. The fourth-order valence-corrected chi connectivity index (χ4v) is 1.20. The Labute approximate surface area is 81.5 Å². The van der Waals surface area contributed by atoms with Gasteiger partial charge in [0, 0.05) is 17.7 Å². The number of hydrogen-bond donors (Lipinski definition) is 2. The molecule has 12 heavy (non-hydrogen) atoms. The zero-order chi connectivity index (χ0) is 8.81. The summed E-state index contributed by atoms with van der Waals surface area (Å²) in [5, 5.41) is 6.27. The van der Waals surface area contributed by atoms with Crippen molar-refractivity contribution in [2.45, 2.75) is 6.54 Å². The highest BCUT2D eigenvalue weighted by Crippen LogP contribution is 2.09. The lowest BCUT2D eigenvalue weighted by atomic mass is 10.2. The molecule has 0 radical (unpaired) electrons.